The number of ether oxygens (including phenoxy) is 2. The Kier molecular flexibility index (Phi) is 4.41. The van der Waals surface area contributed by atoms with Gasteiger partial charge in [-0.05, 0) is 35.9 Å². The number of hydrogen-bond donors (Lipinski definition) is 1. The first-order chi connectivity index (χ1) is 10.6. The van der Waals surface area contributed by atoms with Crippen LogP contribution in [0.1, 0.15) is 5.56 Å². The molecule has 4 nitrogen and oxygen atoms in total. The first-order valence-corrected chi connectivity index (χ1v) is 7.51. The van der Waals surface area contributed by atoms with Crippen LogP contribution in [0.2, 0.25) is 10.0 Å². The summed E-state index contributed by atoms with van der Waals surface area (Å²) >= 11 is 11.8. The minimum Gasteiger partial charge on any atom is -0.493 e. The lowest BCUT2D eigenvalue weighted by Gasteiger charge is -2.10. The van der Waals surface area contributed by atoms with Crippen molar-refractivity contribution in [1.29, 1.82) is 0 Å². The molecule has 22 heavy (non-hydrogen) atoms. The molecule has 0 unspecified atom stereocenters. The summed E-state index contributed by atoms with van der Waals surface area (Å²) in [6.07, 6.45) is 0.855. The summed E-state index contributed by atoms with van der Waals surface area (Å²) in [5, 5.41) is 3.69. The molecule has 1 amide bonds. The second kappa shape index (κ2) is 6.46. The molecule has 0 aliphatic carbocycles. The monoisotopic (exact) mass is 337 g/mol. The Labute approximate surface area is 137 Å². The molecule has 2 aromatic carbocycles. The Hall–Kier alpha value is -1.91. The topological polar surface area (TPSA) is 47.6 Å². The standard InChI is InChI=1S/C16H13Cl2NO3/c17-11-1-3-13(18)15(8-11)22-9-16(20)19-12-2-4-14-10(7-12)5-6-21-14/h1-4,7-8H,5-6,9H2,(H,19,20). The van der Waals surface area contributed by atoms with Crippen LogP contribution in [0.5, 0.6) is 11.5 Å². The summed E-state index contributed by atoms with van der Waals surface area (Å²) in [5.74, 6) is 0.988. The second-order valence-electron chi connectivity index (χ2n) is 4.83. The van der Waals surface area contributed by atoms with Gasteiger partial charge in [0, 0.05) is 23.2 Å². The van der Waals surface area contributed by atoms with E-state index in [9.17, 15) is 4.79 Å². The molecule has 0 aromatic heterocycles. The summed E-state index contributed by atoms with van der Waals surface area (Å²) in [5.41, 5.74) is 1.81. The minimum atomic E-state index is -0.269. The summed E-state index contributed by atoms with van der Waals surface area (Å²) in [6, 6.07) is 10.4. The number of fused-ring (bicyclic) bond motifs is 1. The highest BCUT2D eigenvalue weighted by Crippen LogP contribution is 2.29. The van der Waals surface area contributed by atoms with Crippen molar-refractivity contribution in [3.05, 3.63) is 52.0 Å². The molecule has 0 fully saturated rings. The third-order valence-corrected chi connectivity index (χ3v) is 3.77. The Balaban J connectivity index is 1.59. The van der Waals surface area contributed by atoms with E-state index in [4.69, 9.17) is 32.7 Å². The van der Waals surface area contributed by atoms with Gasteiger partial charge in [0.25, 0.3) is 5.91 Å². The number of carbonyl (C=O) groups excluding carboxylic acids is 1. The molecule has 0 saturated heterocycles. The third kappa shape index (κ3) is 3.46. The summed E-state index contributed by atoms with van der Waals surface area (Å²) < 4.78 is 10.8. The van der Waals surface area contributed by atoms with Crippen molar-refractivity contribution >= 4 is 34.8 Å². The minimum absolute atomic E-state index is 0.145. The SMILES string of the molecule is O=C(COc1cc(Cl)ccc1Cl)Nc1ccc2c(c1)CCO2. The molecule has 1 N–H and O–H groups in total. The van der Waals surface area contributed by atoms with Gasteiger partial charge in [-0.1, -0.05) is 23.2 Å². The lowest BCUT2D eigenvalue weighted by atomic mass is 10.1. The van der Waals surface area contributed by atoms with Gasteiger partial charge in [0.1, 0.15) is 11.5 Å². The first kappa shape index (κ1) is 15.0. The van der Waals surface area contributed by atoms with Crippen molar-refractivity contribution in [2.75, 3.05) is 18.5 Å². The van der Waals surface area contributed by atoms with E-state index >= 15 is 0 Å². The zero-order valence-electron chi connectivity index (χ0n) is 11.6. The largest absolute Gasteiger partial charge is 0.493 e. The molecule has 0 radical (unpaired) electrons. The summed E-state index contributed by atoms with van der Waals surface area (Å²) in [7, 11) is 0. The third-order valence-electron chi connectivity index (χ3n) is 3.23. The molecular weight excluding hydrogens is 325 g/mol. The molecule has 114 valence electrons. The maximum Gasteiger partial charge on any atom is 0.262 e. The van der Waals surface area contributed by atoms with Crippen molar-refractivity contribution in [3.8, 4) is 11.5 Å². The molecule has 1 aliphatic heterocycles. The number of anilines is 1. The van der Waals surface area contributed by atoms with E-state index in [0.29, 0.717) is 22.4 Å². The van der Waals surface area contributed by atoms with Gasteiger partial charge in [-0.15, -0.1) is 0 Å². The molecule has 2 aromatic rings. The predicted octanol–water partition coefficient (Wildman–Crippen LogP) is 3.95. The number of halogens is 2. The van der Waals surface area contributed by atoms with Crippen LogP contribution in [0.25, 0.3) is 0 Å². The van der Waals surface area contributed by atoms with Gasteiger partial charge >= 0.3 is 0 Å². The fourth-order valence-corrected chi connectivity index (χ4v) is 2.53. The zero-order valence-corrected chi connectivity index (χ0v) is 13.1. The van der Waals surface area contributed by atoms with Gasteiger partial charge < -0.3 is 14.8 Å². The number of nitrogens with one attached hydrogen (secondary N) is 1. The van der Waals surface area contributed by atoms with Crippen LogP contribution in [-0.4, -0.2) is 19.1 Å². The molecule has 0 bridgehead atoms. The van der Waals surface area contributed by atoms with E-state index in [1.165, 1.54) is 0 Å². The molecule has 0 atom stereocenters. The normalized spacial score (nSPS) is 12.5. The van der Waals surface area contributed by atoms with E-state index in [-0.39, 0.29) is 12.5 Å². The van der Waals surface area contributed by atoms with Crippen LogP contribution in [0.3, 0.4) is 0 Å². The fourth-order valence-electron chi connectivity index (χ4n) is 2.19. The van der Waals surface area contributed by atoms with Crippen molar-refractivity contribution in [1.82, 2.24) is 0 Å². The van der Waals surface area contributed by atoms with Crippen molar-refractivity contribution in [3.63, 3.8) is 0 Å². The second-order valence-corrected chi connectivity index (χ2v) is 5.68. The van der Waals surface area contributed by atoms with Crippen molar-refractivity contribution in [2.45, 2.75) is 6.42 Å². The summed E-state index contributed by atoms with van der Waals surface area (Å²) in [4.78, 5) is 11.9. The lowest BCUT2D eigenvalue weighted by molar-refractivity contribution is -0.118. The van der Waals surface area contributed by atoms with Crippen molar-refractivity contribution < 1.29 is 14.3 Å². The molecule has 3 rings (SSSR count). The van der Waals surface area contributed by atoms with Crippen LogP contribution in [0.15, 0.2) is 36.4 Å². The van der Waals surface area contributed by atoms with E-state index in [1.807, 2.05) is 12.1 Å². The van der Waals surface area contributed by atoms with Gasteiger partial charge in [0.05, 0.1) is 11.6 Å². The van der Waals surface area contributed by atoms with E-state index in [2.05, 4.69) is 5.32 Å². The average Bonchev–Trinajstić information content (AvgIpc) is 2.96. The van der Waals surface area contributed by atoms with Crippen LogP contribution < -0.4 is 14.8 Å². The van der Waals surface area contributed by atoms with Gasteiger partial charge in [0.2, 0.25) is 0 Å². The summed E-state index contributed by atoms with van der Waals surface area (Å²) in [6.45, 7) is 0.538. The highest BCUT2D eigenvalue weighted by Gasteiger charge is 2.13. The van der Waals surface area contributed by atoms with Gasteiger partial charge in [0.15, 0.2) is 6.61 Å². The highest BCUT2D eigenvalue weighted by atomic mass is 35.5. The Morgan fingerprint density at radius 2 is 2.09 bits per heavy atom. The van der Waals surface area contributed by atoms with Crippen molar-refractivity contribution in [2.24, 2.45) is 0 Å². The van der Waals surface area contributed by atoms with Gasteiger partial charge in [-0.25, -0.2) is 0 Å². The molecular formula is C16H13Cl2NO3. The maximum absolute atomic E-state index is 11.9. The number of hydrogen-bond acceptors (Lipinski definition) is 3. The molecule has 1 aliphatic rings. The molecule has 0 spiro atoms. The van der Waals surface area contributed by atoms with Gasteiger partial charge in [-0.3, -0.25) is 4.79 Å². The predicted molar refractivity (Wildman–Crippen MR) is 86.2 cm³/mol. The van der Waals surface area contributed by atoms with Crippen LogP contribution >= 0.6 is 23.2 Å². The highest BCUT2D eigenvalue weighted by molar-refractivity contribution is 6.34. The fraction of sp³-hybridized carbons (Fsp3) is 0.188. The first-order valence-electron chi connectivity index (χ1n) is 6.75. The van der Waals surface area contributed by atoms with Gasteiger partial charge in [-0.2, -0.15) is 0 Å². The zero-order chi connectivity index (χ0) is 15.5. The van der Waals surface area contributed by atoms with E-state index < -0.39 is 0 Å². The molecule has 0 saturated carbocycles. The number of rotatable bonds is 4. The van der Waals surface area contributed by atoms with E-state index in [0.717, 1.165) is 23.4 Å². The Bertz CT molecular complexity index is 719. The molecule has 1 heterocycles. The lowest BCUT2D eigenvalue weighted by Crippen LogP contribution is -2.20. The van der Waals surface area contributed by atoms with Crippen LogP contribution in [0, 0.1) is 0 Å². The smallest absolute Gasteiger partial charge is 0.262 e. The quantitative estimate of drug-likeness (QED) is 0.918. The van der Waals surface area contributed by atoms with E-state index in [1.54, 1.807) is 24.3 Å². The number of carbonyl (C=O) groups is 1. The maximum atomic E-state index is 11.9. The number of benzene rings is 2. The van der Waals surface area contributed by atoms with Crippen LogP contribution in [-0.2, 0) is 11.2 Å². The Morgan fingerprint density at radius 3 is 2.95 bits per heavy atom. The number of amides is 1. The van der Waals surface area contributed by atoms with Crippen LogP contribution in [0.4, 0.5) is 5.69 Å². The Morgan fingerprint density at radius 1 is 1.23 bits per heavy atom. The average molecular weight is 338 g/mol. The molecule has 6 heteroatoms.